The van der Waals surface area contributed by atoms with E-state index in [0.717, 1.165) is 5.41 Å². The average Bonchev–Trinajstić information content (AvgIpc) is 2.49. The Balaban J connectivity index is 1.96. The second-order valence-electron chi connectivity index (χ2n) is 3.60. The monoisotopic (exact) mass is 126 g/mol. The van der Waals surface area contributed by atoms with Gasteiger partial charge < -0.3 is 0 Å². The van der Waals surface area contributed by atoms with Gasteiger partial charge in [0, 0.05) is 12.6 Å². The van der Waals surface area contributed by atoms with Crippen LogP contribution in [-0.2, 0) is 0 Å². The first kappa shape index (κ1) is 5.69. The van der Waals surface area contributed by atoms with Crippen molar-refractivity contribution in [3.63, 3.8) is 0 Å². The quantitative estimate of drug-likeness (QED) is 0.498. The lowest BCUT2D eigenvalue weighted by Gasteiger charge is -2.28. The predicted molar refractivity (Wildman–Crippen MR) is 36.9 cm³/mol. The molecule has 2 rings (SSSR count). The maximum atomic E-state index is 3.24. The van der Waals surface area contributed by atoms with Crippen LogP contribution in [0.3, 0.4) is 0 Å². The molecular weight excluding hydrogens is 112 g/mol. The highest BCUT2D eigenvalue weighted by molar-refractivity contribution is 4.98. The molecule has 1 heterocycles. The molecule has 1 atom stereocenters. The highest BCUT2D eigenvalue weighted by atomic mass is 15.4. The molecule has 9 heavy (non-hydrogen) atoms. The molecule has 1 spiro atoms. The second kappa shape index (κ2) is 1.70. The van der Waals surface area contributed by atoms with Crippen molar-refractivity contribution in [3.8, 4) is 0 Å². The van der Waals surface area contributed by atoms with Gasteiger partial charge in [0.2, 0.25) is 0 Å². The van der Waals surface area contributed by atoms with E-state index in [1.165, 1.54) is 25.8 Å². The summed E-state index contributed by atoms with van der Waals surface area (Å²) in [6.07, 6.45) is 4.28. The highest BCUT2D eigenvalue weighted by Gasteiger charge is 2.44. The third-order valence-electron chi connectivity index (χ3n) is 2.51. The maximum Gasteiger partial charge on any atom is 0.0190 e. The summed E-state index contributed by atoms with van der Waals surface area (Å²) in [5.41, 5.74) is 7.19. The lowest BCUT2D eigenvalue weighted by atomic mass is 9.96. The first-order valence-corrected chi connectivity index (χ1v) is 3.79. The number of hydrazine groups is 1. The van der Waals surface area contributed by atoms with E-state index in [-0.39, 0.29) is 0 Å². The second-order valence-corrected chi connectivity index (χ2v) is 3.60. The largest absolute Gasteiger partial charge is 0.257 e. The SMILES string of the molecule is CC1CC2(CC2)CNN1. The Morgan fingerprint density at radius 3 is 2.67 bits per heavy atom. The van der Waals surface area contributed by atoms with E-state index in [0.29, 0.717) is 6.04 Å². The highest BCUT2D eigenvalue weighted by Crippen LogP contribution is 2.49. The van der Waals surface area contributed by atoms with E-state index >= 15 is 0 Å². The molecule has 2 aliphatic rings. The smallest absolute Gasteiger partial charge is 0.0190 e. The van der Waals surface area contributed by atoms with Crippen LogP contribution in [0.4, 0.5) is 0 Å². The van der Waals surface area contributed by atoms with Crippen LogP contribution in [0.1, 0.15) is 26.2 Å². The molecule has 52 valence electrons. The normalized spacial score (nSPS) is 39.0. The van der Waals surface area contributed by atoms with Crippen LogP contribution in [0.15, 0.2) is 0 Å². The molecule has 1 aliphatic carbocycles. The Labute approximate surface area is 56.0 Å². The Morgan fingerprint density at radius 2 is 2.22 bits per heavy atom. The lowest BCUT2D eigenvalue weighted by molar-refractivity contribution is 0.260. The topological polar surface area (TPSA) is 24.1 Å². The summed E-state index contributed by atoms with van der Waals surface area (Å²) < 4.78 is 0. The number of hydrogen-bond donors (Lipinski definition) is 2. The number of hydrogen-bond acceptors (Lipinski definition) is 2. The Morgan fingerprint density at radius 1 is 1.44 bits per heavy atom. The predicted octanol–water partition coefficient (Wildman–Crippen LogP) is 0.653. The van der Waals surface area contributed by atoms with Gasteiger partial charge in [-0.1, -0.05) is 0 Å². The summed E-state index contributed by atoms with van der Waals surface area (Å²) >= 11 is 0. The maximum absolute atomic E-state index is 3.24. The zero-order valence-electron chi connectivity index (χ0n) is 5.91. The van der Waals surface area contributed by atoms with Crippen molar-refractivity contribution in [2.75, 3.05) is 6.54 Å². The summed E-state index contributed by atoms with van der Waals surface area (Å²) in [5.74, 6) is 0. The van der Waals surface area contributed by atoms with Crippen molar-refractivity contribution in [1.29, 1.82) is 0 Å². The van der Waals surface area contributed by atoms with Crippen molar-refractivity contribution < 1.29 is 0 Å². The van der Waals surface area contributed by atoms with E-state index in [9.17, 15) is 0 Å². The van der Waals surface area contributed by atoms with E-state index in [1.54, 1.807) is 0 Å². The molecule has 0 radical (unpaired) electrons. The van der Waals surface area contributed by atoms with Gasteiger partial charge >= 0.3 is 0 Å². The van der Waals surface area contributed by atoms with E-state index in [4.69, 9.17) is 0 Å². The zero-order chi connectivity index (χ0) is 6.32. The summed E-state index contributed by atoms with van der Waals surface area (Å²) in [6.45, 7) is 3.43. The molecule has 0 bridgehead atoms. The van der Waals surface area contributed by atoms with Gasteiger partial charge in [-0.15, -0.1) is 0 Å². The Kier molecular flexibility index (Phi) is 1.08. The van der Waals surface area contributed by atoms with Crippen LogP contribution in [0.25, 0.3) is 0 Å². The molecule has 0 aromatic heterocycles. The summed E-state index contributed by atoms with van der Waals surface area (Å²) in [7, 11) is 0. The zero-order valence-corrected chi connectivity index (χ0v) is 5.91. The third-order valence-corrected chi connectivity index (χ3v) is 2.51. The minimum atomic E-state index is 0.682. The van der Waals surface area contributed by atoms with Crippen LogP contribution < -0.4 is 10.9 Å². The van der Waals surface area contributed by atoms with Crippen molar-refractivity contribution >= 4 is 0 Å². The molecule has 2 nitrogen and oxygen atoms in total. The minimum Gasteiger partial charge on any atom is -0.257 e. The third kappa shape index (κ3) is 0.970. The van der Waals surface area contributed by atoms with Gasteiger partial charge in [-0.2, -0.15) is 0 Å². The van der Waals surface area contributed by atoms with Crippen molar-refractivity contribution in [3.05, 3.63) is 0 Å². The standard InChI is InChI=1S/C7H14N2/c1-6-4-7(2-3-7)5-8-9-6/h6,8-9H,2-5H2,1H3. The van der Waals surface area contributed by atoms with E-state index in [1.807, 2.05) is 0 Å². The molecule has 0 amide bonds. The van der Waals surface area contributed by atoms with Gasteiger partial charge in [0.15, 0.2) is 0 Å². The van der Waals surface area contributed by atoms with Gasteiger partial charge in [0.25, 0.3) is 0 Å². The Hall–Kier alpha value is -0.0800. The van der Waals surface area contributed by atoms with E-state index < -0.39 is 0 Å². The number of rotatable bonds is 0. The molecule has 2 heteroatoms. The number of nitrogens with one attached hydrogen (secondary N) is 2. The fourth-order valence-electron chi connectivity index (χ4n) is 1.74. The molecule has 1 saturated heterocycles. The van der Waals surface area contributed by atoms with Crippen LogP contribution in [0.2, 0.25) is 0 Å². The molecular formula is C7H14N2. The summed E-state index contributed by atoms with van der Waals surface area (Å²) in [5, 5.41) is 0. The molecule has 1 unspecified atom stereocenters. The molecule has 1 aliphatic heterocycles. The van der Waals surface area contributed by atoms with Gasteiger partial charge in [-0.3, -0.25) is 10.9 Å². The van der Waals surface area contributed by atoms with Crippen molar-refractivity contribution in [2.45, 2.75) is 32.2 Å². The molecule has 1 saturated carbocycles. The van der Waals surface area contributed by atoms with Crippen LogP contribution in [0.5, 0.6) is 0 Å². The van der Waals surface area contributed by atoms with Crippen LogP contribution in [0, 0.1) is 5.41 Å². The van der Waals surface area contributed by atoms with Gasteiger partial charge in [0.1, 0.15) is 0 Å². The summed E-state index contributed by atoms with van der Waals surface area (Å²) in [4.78, 5) is 0. The van der Waals surface area contributed by atoms with Crippen molar-refractivity contribution in [2.24, 2.45) is 5.41 Å². The minimum absolute atomic E-state index is 0.682. The van der Waals surface area contributed by atoms with Crippen molar-refractivity contribution in [1.82, 2.24) is 10.9 Å². The lowest BCUT2D eigenvalue weighted by Crippen LogP contribution is -2.49. The molecule has 2 fully saturated rings. The van der Waals surface area contributed by atoms with E-state index in [2.05, 4.69) is 17.8 Å². The van der Waals surface area contributed by atoms with Gasteiger partial charge in [-0.25, -0.2) is 0 Å². The van der Waals surface area contributed by atoms with Gasteiger partial charge in [-0.05, 0) is 31.6 Å². The molecule has 2 N–H and O–H groups in total. The first-order chi connectivity index (χ1) is 4.31. The van der Waals surface area contributed by atoms with Crippen LogP contribution >= 0.6 is 0 Å². The molecule has 0 aromatic rings. The fourth-order valence-corrected chi connectivity index (χ4v) is 1.74. The fraction of sp³-hybridized carbons (Fsp3) is 1.00. The van der Waals surface area contributed by atoms with Crippen LogP contribution in [-0.4, -0.2) is 12.6 Å². The first-order valence-electron chi connectivity index (χ1n) is 3.79. The summed E-state index contributed by atoms with van der Waals surface area (Å²) in [6, 6.07) is 0.682. The molecule has 0 aromatic carbocycles. The van der Waals surface area contributed by atoms with Gasteiger partial charge in [0.05, 0.1) is 0 Å². The average molecular weight is 126 g/mol. The Bertz CT molecular complexity index is 118.